The van der Waals surface area contributed by atoms with Gasteiger partial charge in [0.25, 0.3) is 0 Å². The number of allylic oxidation sites excluding steroid dienone is 1. The van der Waals surface area contributed by atoms with E-state index in [1.807, 2.05) is 13.0 Å². The Bertz CT molecular complexity index is 470. The van der Waals surface area contributed by atoms with Crippen molar-refractivity contribution in [2.45, 2.75) is 52.2 Å². The van der Waals surface area contributed by atoms with Crippen molar-refractivity contribution in [3.8, 4) is 11.5 Å². The van der Waals surface area contributed by atoms with E-state index in [0.29, 0.717) is 12.2 Å². The molecule has 0 aliphatic heterocycles. The Morgan fingerprint density at radius 3 is 2.37 bits per heavy atom. The first kappa shape index (κ1) is 15.8. The van der Waals surface area contributed by atoms with Crippen LogP contribution in [0.2, 0.25) is 18.1 Å². The standard InChI is InChI=1S/C16H26O2Si/c1-8-9-13-12(2)15(11-10-14(13)17)18-19(6,7)16(3,4)5/h8,10-11,17H,1,9H2,2-7H3. The number of aromatic hydroxyl groups is 1. The van der Waals surface area contributed by atoms with Gasteiger partial charge in [-0.15, -0.1) is 6.58 Å². The number of hydrogen-bond donors (Lipinski definition) is 1. The highest BCUT2D eigenvalue weighted by Crippen LogP contribution is 2.39. The minimum atomic E-state index is -1.85. The first-order chi connectivity index (χ1) is 8.60. The van der Waals surface area contributed by atoms with E-state index in [4.69, 9.17) is 4.43 Å². The molecule has 0 fully saturated rings. The summed E-state index contributed by atoms with van der Waals surface area (Å²) in [6, 6.07) is 3.59. The van der Waals surface area contributed by atoms with Crippen LogP contribution in [-0.4, -0.2) is 13.4 Å². The van der Waals surface area contributed by atoms with Gasteiger partial charge in [0, 0.05) is 5.56 Å². The van der Waals surface area contributed by atoms with Crippen LogP contribution in [-0.2, 0) is 6.42 Å². The van der Waals surface area contributed by atoms with Crippen molar-refractivity contribution >= 4 is 8.32 Å². The van der Waals surface area contributed by atoms with Crippen LogP contribution >= 0.6 is 0 Å². The molecule has 0 bridgehead atoms. The quantitative estimate of drug-likeness (QED) is 0.632. The van der Waals surface area contributed by atoms with Gasteiger partial charge in [-0.05, 0) is 49.2 Å². The maximum Gasteiger partial charge on any atom is 0.250 e. The van der Waals surface area contributed by atoms with Crippen LogP contribution in [0.3, 0.4) is 0 Å². The Hall–Kier alpha value is -1.22. The monoisotopic (exact) mass is 278 g/mol. The summed E-state index contributed by atoms with van der Waals surface area (Å²) in [4.78, 5) is 0. The van der Waals surface area contributed by atoms with Crippen LogP contribution in [0.1, 0.15) is 31.9 Å². The van der Waals surface area contributed by atoms with Crippen LogP contribution in [0.5, 0.6) is 11.5 Å². The average molecular weight is 278 g/mol. The van der Waals surface area contributed by atoms with E-state index in [9.17, 15) is 5.11 Å². The number of phenols is 1. The lowest BCUT2D eigenvalue weighted by molar-refractivity contribution is 0.461. The molecular weight excluding hydrogens is 252 g/mol. The van der Waals surface area contributed by atoms with E-state index >= 15 is 0 Å². The highest BCUT2D eigenvalue weighted by Gasteiger charge is 2.39. The van der Waals surface area contributed by atoms with Gasteiger partial charge in [0.1, 0.15) is 11.5 Å². The average Bonchev–Trinajstić information content (AvgIpc) is 2.26. The largest absolute Gasteiger partial charge is 0.543 e. The van der Waals surface area contributed by atoms with Gasteiger partial charge in [-0.1, -0.05) is 26.8 Å². The Balaban J connectivity index is 3.16. The molecular formula is C16H26O2Si. The third-order valence-corrected chi connectivity index (χ3v) is 8.39. The second-order valence-corrected chi connectivity index (χ2v) is 11.3. The molecule has 1 aromatic carbocycles. The van der Waals surface area contributed by atoms with Crippen molar-refractivity contribution in [2.75, 3.05) is 0 Å². The van der Waals surface area contributed by atoms with Crippen LogP contribution in [0.4, 0.5) is 0 Å². The lowest BCUT2D eigenvalue weighted by Crippen LogP contribution is -2.44. The van der Waals surface area contributed by atoms with E-state index in [-0.39, 0.29) is 5.04 Å². The SMILES string of the molecule is C=CCc1c(O)ccc(O[Si](C)(C)C(C)(C)C)c1C. The van der Waals surface area contributed by atoms with Gasteiger partial charge >= 0.3 is 0 Å². The maximum absolute atomic E-state index is 9.91. The second kappa shape index (κ2) is 5.41. The molecule has 0 unspecified atom stereocenters. The van der Waals surface area contributed by atoms with Crippen molar-refractivity contribution in [1.82, 2.24) is 0 Å². The lowest BCUT2D eigenvalue weighted by Gasteiger charge is -2.37. The summed E-state index contributed by atoms with van der Waals surface area (Å²) in [6.07, 6.45) is 2.46. The molecule has 0 aliphatic carbocycles. The summed E-state index contributed by atoms with van der Waals surface area (Å²) < 4.78 is 6.33. The Labute approximate surface area is 118 Å². The fraction of sp³-hybridized carbons (Fsp3) is 0.500. The van der Waals surface area contributed by atoms with Crippen molar-refractivity contribution in [1.29, 1.82) is 0 Å². The minimum Gasteiger partial charge on any atom is -0.543 e. The molecule has 1 aromatic rings. The summed E-state index contributed by atoms with van der Waals surface area (Å²) in [5, 5.41) is 10.1. The first-order valence-electron chi connectivity index (χ1n) is 6.71. The molecule has 19 heavy (non-hydrogen) atoms. The zero-order valence-corrected chi connectivity index (χ0v) is 14.0. The third kappa shape index (κ3) is 3.41. The van der Waals surface area contributed by atoms with Gasteiger partial charge < -0.3 is 9.53 Å². The number of rotatable bonds is 4. The summed E-state index contributed by atoms with van der Waals surface area (Å²) in [6.45, 7) is 16.9. The Kier molecular flexibility index (Phi) is 4.51. The van der Waals surface area contributed by atoms with Crippen LogP contribution in [0.25, 0.3) is 0 Å². The number of phenolic OH excluding ortho intramolecular Hbond substituents is 1. The maximum atomic E-state index is 9.91. The summed E-state index contributed by atoms with van der Waals surface area (Å²) in [5.41, 5.74) is 1.93. The van der Waals surface area contributed by atoms with Crippen molar-refractivity contribution in [3.63, 3.8) is 0 Å². The molecule has 1 rings (SSSR count). The summed E-state index contributed by atoms with van der Waals surface area (Å²) >= 11 is 0. The molecule has 0 amide bonds. The number of benzene rings is 1. The predicted molar refractivity (Wildman–Crippen MR) is 84.6 cm³/mol. The normalized spacial score (nSPS) is 12.3. The van der Waals surface area contributed by atoms with Crippen molar-refractivity contribution in [2.24, 2.45) is 0 Å². The minimum absolute atomic E-state index is 0.163. The molecule has 0 radical (unpaired) electrons. The Morgan fingerprint density at radius 1 is 1.32 bits per heavy atom. The van der Waals surface area contributed by atoms with Crippen LogP contribution in [0, 0.1) is 6.92 Å². The van der Waals surface area contributed by atoms with Gasteiger partial charge in [0.15, 0.2) is 0 Å². The smallest absolute Gasteiger partial charge is 0.250 e. The van der Waals surface area contributed by atoms with Gasteiger partial charge in [-0.2, -0.15) is 0 Å². The molecule has 0 atom stereocenters. The molecule has 0 aliphatic rings. The topological polar surface area (TPSA) is 29.5 Å². The zero-order chi connectivity index (χ0) is 14.8. The number of hydrogen-bond acceptors (Lipinski definition) is 2. The zero-order valence-electron chi connectivity index (χ0n) is 13.0. The molecule has 0 spiro atoms. The van der Waals surface area contributed by atoms with E-state index in [1.165, 1.54) is 0 Å². The fourth-order valence-electron chi connectivity index (χ4n) is 1.66. The molecule has 2 nitrogen and oxygen atoms in total. The highest BCUT2D eigenvalue weighted by atomic mass is 28.4. The first-order valence-corrected chi connectivity index (χ1v) is 9.62. The van der Waals surface area contributed by atoms with Gasteiger partial charge in [-0.25, -0.2) is 0 Å². The second-order valence-electron chi connectivity index (χ2n) is 6.54. The van der Waals surface area contributed by atoms with E-state index < -0.39 is 8.32 Å². The van der Waals surface area contributed by atoms with Crippen molar-refractivity contribution in [3.05, 3.63) is 35.9 Å². The van der Waals surface area contributed by atoms with E-state index in [0.717, 1.165) is 16.9 Å². The summed E-state index contributed by atoms with van der Waals surface area (Å²) in [5.74, 6) is 1.21. The molecule has 0 saturated carbocycles. The van der Waals surface area contributed by atoms with Gasteiger partial charge in [-0.3, -0.25) is 0 Å². The molecule has 0 aromatic heterocycles. The van der Waals surface area contributed by atoms with Crippen molar-refractivity contribution < 1.29 is 9.53 Å². The van der Waals surface area contributed by atoms with Gasteiger partial charge in [0.2, 0.25) is 8.32 Å². The molecule has 0 heterocycles. The van der Waals surface area contributed by atoms with E-state index in [2.05, 4.69) is 40.4 Å². The van der Waals surface area contributed by atoms with Crippen LogP contribution in [0.15, 0.2) is 24.8 Å². The molecule has 3 heteroatoms. The molecule has 1 N–H and O–H groups in total. The third-order valence-electron chi connectivity index (χ3n) is 4.04. The Morgan fingerprint density at radius 2 is 1.89 bits per heavy atom. The van der Waals surface area contributed by atoms with Gasteiger partial charge in [0.05, 0.1) is 0 Å². The molecule has 106 valence electrons. The van der Waals surface area contributed by atoms with Crippen LogP contribution < -0.4 is 4.43 Å². The van der Waals surface area contributed by atoms with E-state index in [1.54, 1.807) is 12.1 Å². The summed E-state index contributed by atoms with van der Waals surface area (Å²) in [7, 11) is -1.85. The molecule has 0 saturated heterocycles. The predicted octanol–water partition coefficient (Wildman–Crippen LogP) is 4.81. The lowest BCUT2D eigenvalue weighted by atomic mass is 10.0. The fourth-order valence-corrected chi connectivity index (χ4v) is 2.74. The highest BCUT2D eigenvalue weighted by molar-refractivity contribution is 6.74.